The van der Waals surface area contributed by atoms with Crippen LogP contribution < -0.4 is 8.92 Å². The van der Waals surface area contributed by atoms with Crippen LogP contribution in [0.4, 0.5) is 0 Å². The van der Waals surface area contributed by atoms with Crippen molar-refractivity contribution in [1.82, 2.24) is 0 Å². The first kappa shape index (κ1) is 14.5. The quantitative estimate of drug-likeness (QED) is 0.591. The minimum atomic E-state index is 0.480. The molecule has 0 N–H and O–H groups in total. The Morgan fingerprint density at radius 2 is 0.875 bits per heavy atom. The molecule has 0 aliphatic heterocycles. The van der Waals surface area contributed by atoms with Gasteiger partial charge >= 0.3 is 124 Å². The van der Waals surface area contributed by atoms with Crippen molar-refractivity contribution in [1.29, 1.82) is 0 Å². The topological polar surface area (TPSA) is 0 Å². The fraction of sp³-hybridized carbons (Fsp3) is 0. The number of hydrogen-bond acceptors (Lipinski definition) is 0. The first-order valence-electron chi connectivity index (χ1n) is 4.54. The summed E-state index contributed by atoms with van der Waals surface area (Å²) in [5.74, 6) is 0. The third kappa shape index (κ3) is 6.24. The predicted octanol–water partition coefficient (Wildman–Crippen LogP) is 2.65. The molecule has 0 nitrogen and oxygen atoms in total. The van der Waals surface area contributed by atoms with Gasteiger partial charge in [0.1, 0.15) is 0 Å². The van der Waals surface area contributed by atoms with Crippen LogP contribution in [0.2, 0.25) is 0 Å². The average molecular weight is 472 g/mol. The molecule has 2 aromatic carbocycles. The molecule has 0 aliphatic carbocycles. The number of hydrogen-bond donors (Lipinski definition) is 0. The van der Waals surface area contributed by atoms with E-state index in [0.717, 1.165) is 0 Å². The Hall–Kier alpha value is 0.439. The van der Waals surface area contributed by atoms with E-state index in [0.29, 0.717) is 26.3 Å². The van der Waals surface area contributed by atoms with E-state index in [1.807, 2.05) is 12.1 Å². The number of halogens is 2. The van der Waals surface area contributed by atoms with E-state index in [9.17, 15) is 0 Å². The van der Waals surface area contributed by atoms with Gasteiger partial charge < -0.3 is 0 Å². The predicted molar refractivity (Wildman–Crippen MR) is 81.5 cm³/mol. The number of rotatable bonds is 2. The Bertz CT molecular complexity index is 339. The maximum atomic E-state index is 3.42. The van der Waals surface area contributed by atoms with Gasteiger partial charge in [0.2, 0.25) is 0 Å². The summed E-state index contributed by atoms with van der Waals surface area (Å²) in [6, 6.07) is 20.8. The van der Waals surface area contributed by atoms with Gasteiger partial charge in [-0.05, 0) is 0 Å². The summed E-state index contributed by atoms with van der Waals surface area (Å²) in [6.45, 7) is 0. The molecule has 0 saturated carbocycles. The van der Waals surface area contributed by atoms with Crippen LogP contribution >= 0.6 is 28.2 Å². The molecule has 0 atom stereocenters. The Morgan fingerprint density at radius 1 is 0.562 bits per heavy atom. The minimum absolute atomic E-state index is 0.480. The van der Waals surface area contributed by atoms with Gasteiger partial charge in [0.05, 0.1) is 0 Å². The molecule has 2 rings (SSSR count). The Balaban J connectivity index is 0.000000160. The van der Waals surface area contributed by atoms with Crippen LogP contribution in [0.5, 0.6) is 0 Å². The molecule has 0 aromatic heterocycles. The van der Waals surface area contributed by atoms with Crippen molar-refractivity contribution in [2.45, 2.75) is 0 Å². The van der Waals surface area contributed by atoms with Crippen molar-refractivity contribution >= 4 is 63.4 Å². The van der Waals surface area contributed by atoms with Gasteiger partial charge in [-0.25, -0.2) is 0 Å². The standard InChI is InChI=1S/2C6H5BrSe/c2*7-8-6-4-2-1-3-5-6/h2*1-5H. The van der Waals surface area contributed by atoms with E-state index in [2.05, 4.69) is 76.8 Å². The summed E-state index contributed by atoms with van der Waals surface area (Å²) in [5.41, 5.74) is 0. The Kier molecular flexibility index (Phi) is 8.58. The van der Waals surface area contributed by atoms with Gasteiger partial charge in [-0.15, -0.1) is 0 Å². The monoisotopic (exact) mass is 472 g/mol. The van der Waals surface area contributed by atoms with Gasteiger partial charge in [0.15, 0.2) is 0 Å². The van der Waals surface area contributed by atoms with E-state index in [1.54, 1.807) is 0 Å². The third-order valence-electron chi connectivity index (χ3n) is 1.66. The summed E-state index contributed by atoms with van der Waals surface area (Å²) in [5, 5.41) is 0. The Labute approximate surface area is 123 Å². The third-order valence-corrected chi connectivity index (χ3v) is 7.44. The summed E-state index contributed by atoms with van der Waals surface area (Å²) in [4.78, 5) is 0. The van der Waals surface area contributed by atoms with E-state index >= 15 is 0 Å². The van der Waals surface area contributed by atoms with Crippen LogP contribution in [0.25, 0.3) is 0 Å². The van der Waals surface area contributed by atoms with Crippen LogP contribution in [-0.4, -0.2) is 26.3 Å². The summed E-state index contributed by atoms with van der Waals surface area (Å²) in [7, 11) is 0. The molecule has 0 spiro atoms. The molecular formula is C12H10Br2Se2. The molecule has 0 radical (unpaired) electrons. The van der Waals surface area contributed by atoms with E-state index < -0.39 is 0 Å². The van der Waals surface area contributed by atoms with Gasteiger partial charge in [-0.2, -0.15) is 0 Å². The molecule has 4 heteroatoms. The second-order valence-corrected chi connectivity index (χ2v) is 8.77. The number of benzene rings is 2. The first-order valence-corrected chi connectivity index (χ1v) is 14.3. The van der Waals surface area contributed by atoms with Crippen molar-refractivity contribution in [3.63, 3.8) is 0 Å². The van der Waals surface area contributed by atoms with Crippen LogP contribution in [0.15, 0.2) is 60.7 Å². The van der Waals surface area contributed by atoms with Gasteiger partial charge in [0.25, 0.3) is 0 Å². The Morgan fingerprint density at radius 3 is 1.06 bits per heavy atom. The molecule has 84 valence electrons. The van der Waals surface area contributed by atoms with E-state index in [1.165, 1.54) is 8.92 Å². The van der Waals surface area contributed by atoms with Gasteiger partial charge in [-0.1, -0.05) is 0 Å². The molecule has 0 heterocycles. The van der Waals surface area contributed by atoms with Crippen LogP contribution in [0.1, 0.15) is 0 Å². The zero-order valence-electron chi connectivity index (χ0n) is 8.35. The van der Waals surface area contributed by atoms with Crippen molar-refractivity contribution in [2.75, 3.05) is 0 Å². The molecule has 16 heavy (non-hydrogen) atoms. The fourth-order valence-electron chi connectivity index (χ4n) is 0.944. The molecule has 0 unspecified atom stereocenters. The second kappa shape index (κ2) is 9.47. The molecule has 0 amide bonds. The summed E-state index contributed by atoms with van der Waals surface area (Å²) in [6.07, 6.45) is 0. The molecular weight excluding hydrogens is 462 g/mol. The molecule has 0 saturated heterocycles. The molecule has 0 fully saturated rings. The zero-order chi connectivity index (χ0) is 11.6. The summed E-state index contributed by atoms with van der Waals surface area (Å²) >= 11 is 7.80. The van der Waals surface area contributed by atoms with Crippen molar-refractivity contribution in [3.05, 3.63) is 60.7 Å². The second-order valence-electron chi connectivity index (χ2n) is 2.78. The zero-order valence-corrected chi connectivity index (χ0v) is 14.9. The van der Waals surface area contributed by atoms with Crippen LogP contribution in [0.3, 0.4) is 0 Å². The van der Waals surface area contributed by atoms with Crippen molar-refractivity contribution < 1.29 is 0 Å². The maximum absolute atomic E-state index is 3.42. The fourth-order valence-corrected chi connectivity index (χ4v) is 4.28. The molecule has 0 bridgehead atoms. The first-order chi connectivity index (χ1) is 7.86. The normalized spacial score (nSPS) is 9.12. The van der Waals surface area contributed by atoms with E-state index in [4.69, 9.17) is 0 Å². The van der Waals surface area contributed by atoms with Gasteiger partial charge in [-0.3, -0.25) is 0 Å². The molecule has 0 aliphatic rings. The van der Waals surface area contributed by atoms with Crippen molar-refractivity contribution in [2.24, 2.45) is 0 Å². The van der Waals surface area contributed by atoms with Crippen LogP contribution in [-0.2, 0) is 0 Å². The van der Waals surface area contributed by atoms with E-state index in [-0.39, 0.29) is 0 Å². The SMILES string of the molecule is Br[Se]c1ccccc1.Br[Se]c1ccccc1. The van der Waals surface area contributed by atoms with Crippen molar-refractivity contribution in [3.8, 4) is 0 Å². The summed E-state index contributed by atoms with van der Waals surface area (Å²) < 4.78 is 2.78. The molecule has 2 aromatic rings. The average Bonchev–Trinajstić information content (AvgIpc) is 2.41. The van der Waals surface area contributed by atoms with Crippen LogP contribution in [0, 0.1) is 0 Å². The van der Waals surface area contributed by atoms with Gasteiger partial charge in [0, 0.05) is 0 Å².